The molecular weight excluding hydrogens is 307 g/mol. The molecule has 0 aliphatic heterocycles. The quantitative estimate of drug-likeness (QED) is 0.533. The summed E-state index contributed by atoms with van der Waals surface area (Å²) >= 11 is 2.24. The number of aromatic amines is 1. The number of nitrogens with one attached hydrogen (secondary N) is 1. The van der Waals surface area contributed by atoms with Crippen molar-refractivity contribution in [2.45, 2.75) is 0 Å². The van der Waals surface area contributed by atoms with Gasteiger partial charge in [-0.1, -0.05) is 12.1 Å². The highest BCUT2D eigenvalue weighted by Gasteiger charge is 1.88. The van der Waals surface area contributed by atoms with Crippen LogP contribution < -0.4 is 0 Å². The topological polar surface area (TPSA) is 80.9 Å². The molecule has 15 heavy (non-hydrogen) atoms. The van der Waals surface area contributed by atoms with Crippen molar-refractivity contribution in [3.8, 4) is 0 Å². The van der Waals surface area contributed by atoms with Gasteiger partial charge in [0.1, 0.15) is 0 Å². The van der Waals surface area contributed by atoms with Gasteiger partial charge in [0.15, 0.2) is 0 Å². The molecule has 76 valence electrons. The predicted molar refractivity (Wildman–Crippen MR) is 63.9 cm³/mol. The fourth-order valence-corrected chi connectivity index (χ4v) is 1.50. The third kappa shape index (κ3) is 2.98. The van der Waals surface area contributed by atoms with Crippen LogP contribution in [0.3, 0.4) is 0 Å². The van der Waals surface area contributed by atoms with Crippen molar-refractivity contribution < 1.29 is 0 Å². The minimum absolute atomic E-state index is 0.219. The zero-order chi connectivity index (χ0) is 10.5. The Balaban J connectivity index is 2.00. The molecule has 1 heterocycles. The van der Waals surface area contributed by atoms with Gasteiger partial charge in [-0.25, -0.2) is 5.10 Å². The lowest BCUT2D eigenvalue weighted by Crippen LogP contribution is -1.81. The molecule has 0 saturated carbocycles. The summed E-state index contributed by atoms with van der Waals surface area (Å²) in [5.41, 5.74) is 4.72. The first-order chi connectivity index (χ1) is 7.34. The monoisotopic (exact) mass is 313 g/mol. The van der Waals surface area contributed by atoms with E-state index in [1.807, 2.05) is 24.3 Å². The molecule has 0 unspecified atom stereocenters. The van der Waals surface area contributed by atoms with Gasteiger partial charge < -0.3 is 0 Å². The molecule has 2 aromatic rings. The standard InChI is InChI=1S/C8H6IN6/c9-7-3-1-2-6(4-7)5-10-11-8-12-14-15-13-8/h1-5H,(H-,11,12,13,14,15)/q-1/b10-5-. The van der Waals surface area contributed by atoms with Gasteiger partial charge in [0.05, 0.1) is 5.95 Å². The molecule has 0 atom stereocenters. The first-order valence-electron chi connectivity index (χ1n) is 4.08. The Bertz CT molecular complexity index is 452. The number of hydrogen-bond acceptors (Lipinski definition) is 4. The van der Waals surface area contributed by atoms with E-state index in [4.69, 9.17) is 0 Å². The van der Waals surface area contributed by atoms with Crippen molar-refractivity contribution in [3.05, 3.63) is 38.8 Å². The van der Waals surface area contributed by atoms with E-state index < -0.39 is 0 Å². The zero-order valence-electron chi connectivity index (χ0n) is 7.50. The molecule has 0 fully saturated rings. The van der Waals surface area contributed by atoms with Gasteiger partial charge in [-0.3, -0.25) is 20.8 Å². The summed E-state index contributed by atoms with van der Waals surface area (Å²) in [6, 6.07) is 7.90. The van der Waals surface area contributed by atoms with Gasteiger partial charge in [0.25, 0.3) is 0 Å². The SMILES string of the molecule is Ic1cccc(/C=N\[N-]c2nn[nH]n2)c1. The van der Waals surface area contributed by atoms with E-state index in [9.17, 15) is 0 Å². The molecule has 2 rings (SSSR count). The second-order valence-corrected chi connectivity index (χ2v) is 3.86. The Morgan fingerprint density at radius 1 is 1.47 bits per heavy atom. The van der Waals surface area contributed by atoms with E-state index >= 15 is 0 Å². The highest BCUT2D eigenvalue weighted by atomic mass is 127. The summed E-state index contributed by atoms with van der Waals surface area (Å²) in [6.07, 6.45) is 1.64. The van der Waals surface area contributed by atoms with Crippen LogP contribution in [0.25, 0.3) is 5.43 Å². The van der Waals surface area contributed by atoms with Gasteiger partial charge in [-0.05, 0) is 40.3 Å². The zero-order valence-corrected chi connectivity index (χ0v) is 9.66. The molecule has 0 amide bonds. The number of halogens is 1. The molecule has 0 spiro atoms. The average molecular weight is 313 g/mol. The smallest absolute Gasteiger partial charge is 0.0830 e. The number of rotatable bonds is 3. The van der Waals surface area contributed by atoms with Crippen LogP contribution in [0.15, 0.2) is 29.4 Å². The maximum atomic E-state index is 3.84. The molecule has 0 radical (unpaired) electrons. The van der Waals surface area contributed by atoms with Crippen LogP contribution in [0.1, 0.15) is 5.56 Å². The second-order valence-electron chi connectivity index (χ2n) is 2.61. The lowest BCUT2D eigenvalue weighted by Gasteiger charge is -1.98. The maximum absolute atomic E-state index is 3.84. The first kappa shape index (κ1) is 10.0. The fraction of sp³-hybridized carbons (Fsp3) is 0. The Hall–Kier alpha value is -1.51. The molecule has 1 N–H and O–H groups in total. The summed E-state index contributed by atoms with van der Waals surface area (Å²) in [5.74, 6) is 0.219. The van der Waals surface area contributed by atoms with Crippen LogP contribution in [0.2, 0.25) is 0 Å². The third-order valence-corrected chi connectivity index (χ3v) is 2.21. The summed E-state index contributed by atoms with van der Waals surface area (Å²) in [4.78, 5) is 0. The molecular formula is C8H6IN6-. The highest BCUT2D eigenvalue weighted by Crippen LogP contribution is 2.09. The number of hydrogen-bond donors (Lipinski definition) is 1. The number of tetrazole rings is 1. The minimum atomic E-state index is 0.219. The number of H-pyrrole nitrogens is 1. The summed E-state index contributed by atoms with van der Waals surface area (Å²) in [6.45, 7) is 0. The molecule has 6 nitrogen and oxygen atoms in total. The van der Waals surface area contributed by atoms with Crippen LogP contribution >= 0.6 is 22.6 Å². The maximum Gasteiger partial charge on any atom is 0.0830 e. The van der Waals surface area contributed by atoms with Crippen LogP contribution in [0.5, 0.6) is 0 Å². The van der Waals surface area contributed by atoms with Crippen LogP contribution in [-0.2, 0) is 0 Å². The van der Waals surface area contributed by atoms with Crippen LogP contribution in [0.4, 0.5) is 5.95 Å². The van der Waals surface area contributed by atoms with Crippen molar-refractivity contribution in [1.82, 2.24) is 20.6 Å². The van der Waals surface area contributed by atoms with E-state index in [1.165, 1.54) is 0 Å². The highest BCUT2D eigenvalue weighted by molar-refractivity contribution is 14.1. The Morgan fingerprint density at radius 3 is 3.13 bits per heavy atom. The number of benzene rings is 1. The van der Waals surface area contributed by atoms with Crippen molar-refractivity contribution in [2.75, 3.05) is 0 Å². The Kier molecular flexibility index (Phi) is 3.22. The lowest BCUT2D eigenvalue weighted by molar-refractivity contribution is 0.881. The molecule has 0 aliphatic carbocycles. The fourth-order valence-electron chi connectivity index (χ4n) is 0.933. The van der Waals surface area contributed by atoms with Gasteiger partial charge in [-0.15, -0.1) is 5.21 Å². The number of aromatic nitrogens is 4. The van der Waals surface area contributed by atoms with E-state index in [0.717, 1.165) is 9.13 Å². The lowest BCUT2D eigenvalue weighted by atomic mass is 10.2. The molecule has 0 bridgehead atoms. The van der Waals surface area contributed by atoms with Crippen LogP contribution in [-0.4, -0.2) is 26.8 Å². The second kappa shape index (κ2) is 4.82. The van der Waals surface area contributed by atoms with Crippen molar-refractivity contribution in [3.63, 3.8) is 0 Å². The van der Waals surface area contributed by atoms with Gasteiger partial charge in [0.2, 0.25) is 0 Å². The Labute approximate surface area is 99.3 Å². The largest absolute Gasteiger partial charge is 0.277 e. The Morgan fingerprint density at radius 2 is 2.40 bits per heavy atom. The summed E-state index contributed by atoms with van der Waals surface area (Å²) in [5, 5.41) is 16.8. The summed E-state index contributed by atoms with van der Waals surface area (Å²) in [7, 11) is 0. The van der Waals surface area contributed by atoms with E-state index in [2.05, 4.69) is 53.7 Å². The molecule has 7 heteroatoms. The third-order valence-electron chi connectivity index (χ3n) is 1.54. The van der Waals surface area contributed by atoms with Crippen molar-refractivity contribution in [2.24, 2.45) is 5.10 Å². The molecule has 1 aromatic heterocycles. The molecule has 1 aromatic carbocycles. The average Bonchev–Trinajstić information content (AvgIpc) is 2.71. The van der Waals surface area contributed by atoms with Gasteiger partial charge >= 0.3 is 0 Å². The number of nitrogens with zero attached hydrogens (tertiary/aromatic N) is 5. The van der Waals surface area contributed by atoms with Crippen molar-refractivity contribution >= 4 is 34.8 Å². The van der Waals surface area contributed by atoms with E-state index in [0.29, 0.717) is 0 Å². The van der Waals surface area contributed by atoms with Crippen LogP contribution in [0, 0.1) is 3.57 Å². The van der Waals surface area contributed by atoms with E-state index in [1.54, 1.807) is 6.21 Å². The van der Waals surface area contributed by atoms with Gasteiger partial charge in [0, 0.05) is 9.78 Å². The minimum Gasteiger partial charge on any atom is -0.277 e. The first-order valence-corrected chi connectivity index (χ1v) is 5.15. The normalized spacial score (nSPS) is 10.7. The van der Waals surface area contributed by atoms with E-state index in [-0.39, 0.29) is 5.95 Å². The van der Waals surface area contributed by atoms with Crippen molar-refractivity contribution in [1.29, 1.82) is 0 Å². The summed E-state index contributed by atoms with van der Waals surface area (Å²) < 4.78 is 1.15. The van der Waals surface area contributed by atoms with Gasteiger partial charge in [-0.2, -0.15) is 0 Å². The predicted octanol–water partition coefficient (Wildman–Crippen LogP) is 1.84. The molecule has 0 aliphatic rings. The molecule has 0 saturated heterocycles.